The zero-order valence-corrected chi connectivity index (χ0v) is 12.9. The average Bonchev–Trinajstić information content (AvgIpc) is 2.83. The first-order valence-electron chi connectivity index (χ1n) is 7.84. The minimum absolute atomic E-state index is 0.0130. The van der Waals surface area contributed by atoms with E-state index in [9.17, 15) is 4.79 Å². The van der Waals surface area contributed by atoms with Crippen LogP contribution in [0.25, 0.3) is 11.0 Å². The summed E-state index contributed by atoms with van der Waals surface area (Å²) < 4.78 is 7.22. The van der Waals surface area contributed by atoms with Gasteiger partial charge in [-0.25, -0.2) is 4.98 Å². The number of carbonyl (C=O) groups is 1. The molecule has 1 aliphatic heterocycles. The summed E-state index contributed by atoms with van der Waals surface area (Å²) in [4.78, 5) is 18.1. The Morgan fingerprint density at radius 2 is 2.23 bits per heavy atom. The normalized spacial score (nSPS) is 15.7. The summed E-state index contributed by atoms with van der Waals surface area (Å²) >= 11 is 0. The van der Waals surface area contributed by atoms with Crippen LogP contribution >= 0.6 is 0 Å². The number of nitrogens with zero attached hydrogens (tertiary/aromatic N) is 3. The summed E-state index contributed by atoms with van der Waals surface area (Å²) in [5, 5.41) is 0. The number of hydrogen-bond donors (Lipinski definition) is 1. The summed E-state index contributed by atoms with van der Waals surface area (Å²) in [5.41, 5.74) is 8.77. The lowest BCUT2D eigenvalue weighted by Gasteiger charge is -2.26. The third-order valence-corrected chi connectivity index (χ3v) is 4.04. The van der Waals surface area contributed by atoms with E-state index in [1.807, 2.05) is 18.2 Å². The molecule has 0 aliphatic carbocycles. The van der Waals surface area contributed by atoms with Crippen LogP contribution in [0, 0.1) is 0 Å². The maximum atomic E-state index is 11.9. The number of hydrogen-bond acceptors (Lipinski definition) is 4. The van der Waals surface area contributed by atoms with Crippen molar-refractivity contribution in [2.24, 2.45) is 0 Å². The van der Waals surface area contributed by atoms with E-state index < -0.39 is 0 Å². The molecule has 1 aliphatic rings. The Bertz CT molecular complexity index is 680. The first-order valence-corrected chi connectivity index (χ1v) is 7.84. The Balaban J connectivity index is 1.89. The second-order valence-corrected chi connectivity index (χ2v) is 5.60. The standard InChI is InChI=1S/C16H22N4O2/c1-2-3-4-7-20-14-6-5-12(10-13(14)18-16(20)17)19-8-9-22-11-15(19)21/h5-6,10H,2-4,7-9,11H2,1H3,(H2,17,18). The van der Waals surface area contributed by atoms with Gasteiger partial charge >= 0.3 is 0 Å². The predicted molar refractivity (Wildman–Crippen MR) is 86.8 cm³/mol. The molecule has 6 nitrogen and oxygen atoms in total. The van der Waals surface area contributed by atoms with Gasteiger partial charge in [-0.3, -0.25) is 4.79 Å². The summed E-state index contributed by atoms with van der Waals surface area (Å²) in [7, 11) is 0. The number of aryl methyl sites for hydroxylation is 1. The number of morpholine rings is 1. The highest BCUT2D eigenvalue weighted by Crippen LogP contribution is 2.25. The number of nitrogen functional groups attached to an aromatic ring is 1. The second kappa shape index (κ2) is 6.36. The van der Waals surface area contributed by atoms with Crippen LogP contribution in [0.15, 0.2) is 18.2 Å². The number of aromatic nitrogens is 2. The summed E-state index contributed by atoms with van der Waals surface area (Å²) in [6.45, 7) is 4.35. The molecule has 0 unspecified atom stereocenters. The number of anilines is 2. The van der Waals surface area contributed by atoms with Crippen molar-refractivity contribution in [2.75, 3.05) is 30.4 Å². The van der Waals surface area contributed by atoms with Crippen LogP contribution in [-0.4, -0.2) is 35.2 Å². The maximum Gasteiger partial charge on any atom is 0.253 e. The molecular formula is C16H22N4O2. The Morgan fingerprint density at radius 1 is 1.36 bits per heavy atom. The molecule has 6 heteroatoms. The van der Waals surface area contributed by atoms with Gasteiger partial charge in [0.15, 0.2) is 0 Å². The zero-order valence-electron chi connectivity index (χ0n) is 12.9. The molecule has 118 valence electrons. The molecule has 1 aromatic heterocycles. The fraction of sp³-hybridized carbons (Fsp3) is 0.500. The van der Waals surface area contributed by atoms with Crippen LogP contribution < -0.4 is 10.6 Å². The van der Waals surface area contributed by atoms with E-state index in [2.05, 4.69) is 16.5 Å². The van der Waals surface area contributed by atoms with Crippen molar-refractivity contribution < 1.29 is 9.53 Å². The molecule has 2 aromatic rings. The smallest absolute Gasteiger partial charge is 0.253 e. The zero-order chi connectivity index (χ0) is 15.5. The first-order chi connectivity index (χ1) is 10.7. The third-order valence-electron chi connectivity index (χ3n) is 4.04. The predicted octanol–water partition coefficient (Wildman–Crippen LogP) is 2.17. The maximum absolute atomic E-state index is 11.9. The second-order valence-electron chi connectivity index (χ2n) is 5.60. The average molecular weight is 302 g/mol. The molecule has 0 saturated carbocycles. The molecule has 1 fully saturated rings. The number of imidazole rings is 1. The number of carbonyl (C=O) groups excluding carboxylic acids is 1. The molecule has 0 spiro atoms. The Kier molecular flexibility index (Phi) is 4.29. The van der Waals surface area contributed by atoms with Crippen molar-refractivity contribution in [1.82, 2.24) is 9.55 Å². The number of amides is 1. The largest absolute Gasteiger partial charge is 0.370 e. The number of benzene rings is 1. The highest BCUT2D eigenvalue weighted by molar-refractivity contribution is 5.96. The lowest BCUT2D eigenvalue weighted by atomic mass is 10.2. The van der Waals surface area contributed by atoms with E-state index in [1.165, 1.54) is 12.8 Å². The van der Waals surface area contributed by atoms with E-state index in [4.69, 9.17) is 10.5 Å². The quantitative estimate of drug-likeness (QED) is 0.859. The molecule has 1 aromatic carbocycles. The Labute approximate surface area is 129 Å². The molecule has 1 amide bonds. The fourth-order valence-corrected chi connectivity index (χ4v) is 2.85. The molecule has 2 N–H and O–H groups in total. The number of fused-ring (bicyclic) bond motifs is 1. The molecule has 0 atom stereocenters. The molecule has 3 rings (SSSR count). The van der Waals surface area contributed by atoms with Crippen molar-refractivity contribution in [3.8, 4) is 0 Å². The number of rotatable bonds is 5. The van der Waals surface area contributed by atoms with Crippen molar-refractivity contribution in [3.63, 3.8) is 0 Å². The van der Waals surface area contributed by atoms with Crippen LogP contribution in [0.1, 0.15) is 26.2 Å². The Morgan fingerprint density at radius 3 is 3.00 bits per heavy atom. The van der Waals surface area contributed by atoms with Gasteiger partial charge in [0.05, 0.1) is 17.6 Å². The van der Waals surface area contributed by atoms with Crippen molar-refractivity contribution in [2.45, 2.75) is 32.7 Å². The third kappa shape index (κ3) is 2.78. The van der Waals surface area contributed by atoms with Gasteiger partial charge in [-0.05, 0) is 24.6 Å². The minimum atomic E-state index is -0.0130. The van der Waals surface area contributed by atoms with Crippen molar-refractivity contribution >= 4 is 28.6 Å². The summed E-state index contributed by atoms with van der Waals surface area (Å²) in [6, 6.07) is 5.90. The van der Waals surface area contributed by atoms with Gasteiger partial charge in [-0.1, -0.05) is 19.8 Å². The van der Waals surface area contributed by atoms with Crippen LogP contribution in [-0.2, 0) is 16.1 Å². The molecule has 0 bridgehead atoms. The summed E-state index contributed by atoms with van der Waals surface area (Å²) in [5.74, 6) is 0.525. The minimum Gasteiger partial charge on any atom is -0.370 e. The molecule has 0 radical (unpaired) electrons. The first kappa shape index (κ1) is 14.8. The number of unbranched alkanes of at least 4 members (excludes halogenated alkanes) is 2. The van der Waals surface area contributed by atoms with E-state index in [0.717, 1.165) is 29.7 Å². The fourth-order valence-electron chi connectivity index (χ4n) is 2.85. The van der Waals surface area contributed by atoms with E-state index in [-0.39, 0.29) is 12.5 Å². The lowest BCUT2D eigenvalue weighted by Crippen LogP contribution is -2.41. The van der Waals surface area contributed by atoms with E-state index in [0.29, 0.717) is 19.1 Å². The molecular weight excluding hydrogens is 280 g/mol. The van der Waals surface area contributed by atoms with Gasteiger partial charge in [0.1, 0.15) is 6.61 Å². The van der Waals surface area contributed by atoms with Gasteiger partial charge in [0, 0.05) is 18.8 Å². The van der Waals surface area contributed by atoms with E-state index in [1.54, 1.807) is 4.90 Å². The van der Waals surface area contributed by atoms with E-state index >= 15 is 0 Å². The highest BCUT2D eigenvalue weighted by Gasteiger charge is 2.21. The molecule has 1 saturated heterocycles. The van der Waals surface area contributed by atoms with Gasteiger partial charge in [-0.2, -0.15) is 0 Å². The Hall–Kier alpha value is -2.08. The van der Waals surface area contributed by atoms with Crippen LogP contribution in [0.2, 0.25) is 0 Å². The SMILES string of the molecule is CCCCCn1c(N)nc2cc(N3CCOCC3=O)ccc21. The van der Waals surface area contributed by atoms with Gasteiger partial charge in [0.2, 0.25) is 5.95 Å². The monoisotopic (exact) mass is 302 g/mol. The van der Waals surface area contributed by atoms with Gasteiger partial charge in [-0.15, -0.1) is 0 Å². The lowest BCUT2D eigenvalue weighted by molar-refractivity contribution is -0.125. The topological polar surface area (TPSA) is 73.4 Å². The number of nitrogens with two attached hydrogens (primary N) is 1. The molecule has 22 heavy (non-hydrogen) atoms. The van der Waals surface area contributed by atoms with Gasteiger partial charge < -0.3 is 19.9 Å². The molecule has 2 heterocycles. The van der Waals surface area contributed by atoms with Crippen LogP contribution in [0.4, 0.5) is 11.6 Å². The summed E-state index contributed by atoms with van der Waals surface area (Å²) in [6.07, 6.45) is 3.45. The highest BCUT2D eigenvalue weighted by atomic mass is 16.5. The van der Waals surface area contributed by atoms with Gasteiger partial charge in [0.25, 0.3) is 5.91 Å². The van der Waals surface area contributed by atoms with Crippen LogP contribution in [0.5, 0.6) is 0 Å². The van der Waals surface area contributed by atoms with Crippen molar-refractivity contribution in [1.29, 1.82) is 0 Å². The van der Waals surface area contributed by atoms with Crippen LogP contribution in [0.3, 0.4) is 0 Å². The van der Waals surface area contributed by atoms with Crippen molar-refractivity contribution in [3.05, 3.63) is 18.2 Å². The number of ether oxygens (including phenoxy) is 1.